The normalized spacial score (nSPS) is 14.4. The summed E-state index contributed by atoms with van der Waals surface area (Å²) in [5, 5.41) is -0.715. The third-order valence-electron chi connectivity index (χ3n) is 3.57. The second kappa shape index (κ2) is 6.28. The lowest BCUT2D eigenvalue weighted by Gasteiger charge is -2.21. The molecule has 0 fully saturated rings. The van der Waals surface area contributed by atoms with Gasteiger partial charge in [0.05, 0.1) is 17.3 Å². The molecule has 0 aliphatic rings. The molecular formula is C16H19NO3S. The van der Waals surface area contributed by atoms with Crippen LogP contribution < -0.4 is 10.5 Å². The van der Waals surface area contributed by atoms with Crippen molar-refractivity contribution in [3.05, 3.63) is 60.2 Å². The Morgan fingerprint density at radius 2 is 1.57 bits per heavy atom. The Hall–Kier alpha value is -1.85. The highest BCUT2D eigenvalue weighted by atomic mass is 32.2. The number of sulfone groups is 1. The van der Waals surface area contributed by atoms with Crippen LogP contribution in [0.3, 0.4) is 0 Å². The van der Waals surface area contributed by atoms with E-state index < -0.39 is 21.1 Å². The molecule has 112 valence electrons. The van der Waals surface area contributed by atoms with Crippen LogP contribution in [0, 0.1) is 0 Å². The molecule has 0 saturated heterocycles. The average molecular weight is 305 g/mol. The number of hydrogen-bond acceptors (Lipinski definition) is 4. The van der Waals surface area contributed by atoms with Gasteiger partial charge in [0.25, 0.3) is 0 Å². The number of benzene rings is 2. The number of hydrogen-bond donors (Lipinski definition) is 1. The molecule has 4 nitrogen and oxygen atoms in total. The topological polar surface area (TPSA) is 69.4 Å². The average Bonchev–Trinajstić information content (AvgIpc) is 2.54. The van der Waals surface area contributed by atoms with Crippen molar-refractivity contribution in [2.45, 2.75) is 23.1 Å². The molecule has 2 atom stereocenters. The van der Waals surface area contributed by atoms with Crippen molar-refractivity contribution in [1.82, 2.24) is 0 Å². The summed E-state index contributed by atoms with van der Waals surface area (Å²) in [7, 11) is -1.88. The lowest BCUT2D eigenvalue weighted by atomic mass is 10.1. The van der Waals surface area contributed by atoms with Gasteiger partial charge in [-0.1, -0.05) is 30.3 Å². The van der Waals surface area contributed by atoms with Crippen molar-refractivity contribution in [2.75, 3.05) is 7.11 Å². The Labute approximate surface area is 125 Å². The fourth-order valence-electron chi connectivity index (χ4n) is 2.11. The molecule has 0 aromatic heterocycles. The highest BCUT2D eigenvalue weighted by Crippen LogP contribution is 2.26. The van der Waals surface area contributed by atoms with Gasteiger partial charge in [-0.05, 0) is 36.8 Å². The van der Waals surface area contributed by atoms with Crippen molar-refractivity contribution in [3.8, 4) is 5.75 Å². The summed E-state index contributed by atoms with van der Waals surface area (Å²) >= 11 is 0. The van der Waals surface area contributed by atoms with Crippen LogP contribution in [0.5, 0.6) is 5.75 Å². The maximum atomic E-state index is 12.6. The van der Waals surface area contributed by atoms with Crippen LogP contribution in [-0.4, -0.2) is 20.8 Å². The zero-order chi connectivity index (χ0) is 15.5. The highest BCUT2D eigenvalue weighted by Gasteiger charge is 2.29. The largest absolute Gasteiger partial charge is 0.497 e. The van der Waals surface area contributed by atoms with Gasteiger partial charge in [0.15, 0.2) is 9.84 Å². The van der Waals surface area contributed by atoms with Crippen molar-refractivity contribution < 1.29 is 13.2 Å². The Morgan fingerprint density at radius 3 is 2.10 bits per heavy atom. The SMILES string of the molecule is COc1ccc(C(N)C(C)S(=O)(=O)c2ccccc2)cc1. The zero-order valence-electron chi connectivity index (χ0n) is 12.1. The minimum absolute atomic E-state index is 0.293. The van der Waals surface area contributed by atoms with Crippen LogP contribution in [-0.2, 0) is 9.84 Å². The smallest absolute Gasteiger partial charge is 0.182 e. The van der Waals surface area contributed by atoms with Gasteiger partial charge in [0, 0.05) is 6.04 Å². The standard InChI is InChI=1S/C16H19NO3S/c1-12(21(18,19)15-6-4-3-5-7-15)16(17)13-8-10-14(20-2)11-9-13/h3-12,16H,17H2,1-2H3. The molecule has 0 saturated carbocycles. The van der Waals surface area contributed by atoms with Crippen LogP contribution in [0.15, 0.2) is 59.5 Å². The molecule has 2 aromatic carbocycles. The van der Waals surface area contributed by atoms with Crippen LogP contribution in [0.4, 0.5) is 0 Å². The summed E-state index contributed by atoms with van der Waals surface area (Å²) in [5.74, 6) is 0.713. The minimum atomic E-state index is -3.46. The fourth-order valence-corrected chi connectivity index (χ4v) is 3.62. The maximum absolute atomic E-state index is 12.6. The molecule has 0 heterocycles. The van der Waals surface area contributed by atoms with Crippen molar-refractivity contribution in [1.29, 1.82) is 0 Å². The quantitative estimate of drug-likeness (QED) is 0.921. The van der Waals surface area contributed by atoms with E-state index in [0.29, 0.717) is 10.6 Å². The van der Waals surface area contributed by atoms with E-state index in [4.69, 9.17) is 10.5 Å². The highest BCUT2D eigenvalue weighted by molar-refractivity contribution is 7.92. The van der Waals surface area contributed by atoms with Gasteiger partial charge in [-0.25, -0.2) is 8.42 Å². The van der Waals surface area contributed by atoms with Crippen LogP contribution >= 0.6 is 0 Å². The van der Waals surface area contributed by atoms with E-state index in [1.807, 2.05) is 0 Å². The van der Waals surface area contributed by atoms with E-state index in [1.54, 1.807) is 68.6 Å². The maximum Gasteiger partial charge on any atom is 0.182 e. The van der Waals surface area contributed by atoms with Gasteiger partial charge >= 0.3 is 0 Å². The van der Waals surface area contributed by atoms with E-state index in [1.165, 1.54) is 0 Å². The number of rotatable bonds is 5. The molecule has 2 unspecified atom stereocenters. The number of nitrogens with two attached hydrogens (primary N) is 1. The third-order valence-corrected chi connectivity index (χ3v) is 5.77. The molecule has 0 aliphatic heterocycles. The Bertz CT molecular complexity index is 681. The molecule has 2 rings (SSSR count). The molecule has 0 radical (unpaired) electrons. The number of methoxy groups -OCH3 is 1. The second-order valence-electron chi connectivity index (χ2n) is 4.86. The predicted octanol–water partition coefficient (Wildman–Crippen LogP) is 2.56. The summed E-state index contributed by atoms with van der Waals surface area (Å²) in [6, 6.07) is 14.9. The van der Waals surface area contributed by atoms with Gasteiger partial charge in [-0.3, -0.25) is 0 Å². The molecule has 0 spiro atoms. The number of ether oxygens (including phenoxy) is 1. The Balaban J connectivity index is 2.27. The van der Waals surface area contributed by atoms with Gasteiger partial charge in [-0.2, -0.15) is 0 Å². The Morgan fingerprint density at radius 1 is 1.00 bits per heavy atom. The van der Waals surface area contributed by atoms with Crippen LogP contribution in [0.25, 0.3) is 0 Å². The van der Waals surface area contributed by atoms with Gasteiger partial charge in [0.2, 0.25) is 0 Å². The molecule has 2 aromatic rings. The van der Waals surface area contributed by atoms with E-state index in [-0.39, 0.29) is 0 Å². The molecule has 0 bridgehead atoms. The fraction of sp³-hybridized carbons (Fsp3) is 0.250. The van der Waals surface area contributed by atoms with Crippen molar-refractivity contribution >= 4 is 9.84 Å². The molecule has 2 N–H and O–H groups in total. The summed E-state index contributed by atoms with van der Waals surface area (Å²) < 4.78 is 30.2. The van der Waals surface area contributed by atoms with Gasteiger partial charge in [0.1, 0.15) is 5.75 Å². The lowest BCUT2D eigenvalue weighted by Crippen LogP contribution is -2.31. The van der Waals surface area contributed by atoms with Crippen LogP contribution in [0.2, 0.25) is 0 Å². The van der Waals surface area contributed by atoms with E-state index in [0.717, 1.165) is 5.56 Å². The Kier molecular flexibility index (Phi) is 4.65. The summed E-state index contributed by atoms with van der Waals surface area (Å²) in [5.41, 5.74) is 6.90. The molecule has 0 aliphatic carbocycles. The van der Waals surface area contributed by atoms with Crippen molar-refractivity contribution in [2.24, 2.45) is 5.73 Å². The monoisotopic (exact) mass is 305 g/mol. The van der Waals surface area contributed by atoms with E-state index in [2.05, 4.69) is 0 Å². The van der Waals surface area contributed by atoms with E-state index >= 15 is 0 Å². The lowest BCUT2D eigenvalue weighted by molar-refractivity contribution is 0.414. The summed E-state index contributed by atoms with van der Waals surface area (Å²) in [4.78, 5) is 0.293. The first-order valence-electron chi connectivity index (χ1n) is 6.65. The summed E-state index contributed by atoms with van der Waals surface area (Å²) in [6.07, 6.45) is 0. The van der Waals surface area contributed by atoms with Gasteiger partial charge in [-0.15, -0.1) is 0 Å². The third kappa shape index (κ3) is 3.25. The molecule has 5 heteroatoms. The predicted molar refractivity (Wildman–Crippen MR) is 83.0 cm³/mol. The molecule has 21 heavy (non-hydrogen) atoms. The first kappa shape index (κ1) is 15.5. The molecular weight excluding hydrogens is 286 g/mol. The zero-order valence-corrected chi connectivity index (χ0v) is 12.9. The van der Waals surface area contributed by atoms with Crippen molar-refractivity contribution in [3.63, 3.8) is 0 Å². The van der Waals surface area contributed by atoms with Crippen LogP contribution in [0.1, 0.15) is 18.5 Å². The first-order valence-corrected chi connectivity index (χ1v) is 8.20. The summed E-state index contributed by atoms with van der Waals surface area (Å²) in [6.45, 7) is 1.64. The second-order valence-corrected chi connectivity index (χ2v) is 7.17. The van der Waals surface area contributed by atoms with E-state index in [9.17, 15) is 8.42 Å². The van der Waals surface area contributed by atoms with Gasteiger partial charge < -0.3 is 10.5 Å². The first-order chi connectivity index (χ1) is 9.96. The minimum Gasteiger partial charge on any atom is -0.497 e. The molecule has 0 amide bonds.